The Labute approximate surface area is 198 Å². The standard InChI is InChI=1S/C23H31N5O4S/c1-5-14(2)20(29)24-18(15(3)32-4)23(31)28-13-9-12-17(28)21(30)25-22-19(26-27-33-22)16-10-7-6-8-11-16/h6-8,10-11,14-15,17-18H,5,9,12-13H2,1-4H3,(H,24,29)(H,25,30)/t14-,15-,17+,18+/m1/s1. The van der Waals surface area contributed by atoms with E-state index >= 15 is 0 Å². The zero-order valence-electron chi connectivity index (χ0n) is 19.4. The third-order valence-corrected chi connectivity index (χ3v) is 6.72. The first-order chi connectivity index (χ1) is 15.9. The summed E-state index contributed by atoms with van der Waals surface area (Å²) < 4.78 is 9.36. The molecule has 0 bridgehead atoms. The molecule has 3 rings (SSSR count). The van der Waals surface area contributed by atoms with Crippen molar-refractivity contribution in [1.29, 1.82) is 0 Å². The van der Waals surface area contributed by atoms with Crippen molar-refractivity contribution in [2.24, 2.45) is 5.92 Å². The topological polar surface area (TPSA) is 114 Å². The number of benzene rings is 1. The van der Waals surface area contributed by atoms with Gasteiger partial charge in [0.25, 0.3) is 0 Å². The lowest BCUT2D eigenvalue weighted by molar-refractivity contribution is -0.143. The van der Waals surface area contributed by atoms with E-state index < -0.39 is 18.2 Å². The second-order valence-electron chi connectivity index (χ2n) is 8.23. The molecular formula is C23H31N5O4S. The van der Waals surface area contributed by atoms with Crippen LogP contribution in [0.1, 0.15) is 40.0 Å². The number of likely N-dealkylation sites (tertiary alicyclic amines) is 1. The average molecular weight is 474 g/mol. The minimum absolute atomic E-state index is 0.205. The summed E-state index contributed by atoms with van der Waals surface area (Å²) in [5.41, 5.74) is 1.44. The number of nitrogens with zero attached hydrogens (tertiary/aromatic N) is 3. The van der Waals surface area contributed by atoms with Crippen LogP contribution in [0.25, 0.3) is 11.3 Å². The van der Waals surface area contributed by atoms with Gasteiger partial charge in [0.15, 0.2) is 0 Å². The molecule has 2 aromatic rings. The van der Waals surface area contributed by atoms with Crippen LogP contribution in [0.5, 0.6) is 0 Å². The summed E-state index contributed by atoms with van der Waals surface area (Å²) >= 11 is 1.10. The van der Waals surface area contributed by atoms with Crippen molar-refractivity contribution in [3.63, 3.8) is 0 Å². The van der Waals surface area contributed by atoms with E-state index in [2.05, 4.69) is 20.2 Å². The number of carbonyl (C=O) groups is 3. The first-order valence-corrected chi connectivity index (χ1v) is 12.0. The van der Waals surface area contributed by atoms with E-state index in [1.807, 2.05) is 44.2 Å². The fraction of sp³-hybridized carbons (Fsp3) is 0.522. The Morgan fingerprint density at radius 3 is 2.64 bits per heavy atom. The SMILES string of the molecule is CC[C@@H](C)C(=O)N[C@H](C(=O)N1CCC[C@H]1C(=O)Nc1snnc1-c1ccccc1)[C@@H](C)OC. The maximum Gasteiger partial charge on any atom is 0.248 e. The van der Waals surface area contributed by atoms with Gasteiger partial charge in [0, 0.05) is 36.7 Å². The molecule has 0 spiro atoms. The molecule has 3 amide bonds. The second-order valence-corrected chi connectivity index (χ2v) is 8.99. The molecule has 0 saturated carbocycles. The fourth-order valence-electron chi connectivity index (χ4n) is 3.73. The van der Waals surface area contributed by atoms with Gasteiger partial charge in [0.1, 0.15) is 22.8 Å². The van der Waals surface area contributed by atoms with Crippen molar-refractivity contribution < 1.29 is 19.1 Å². The van der Waals surface area contributed by atoms with Crippen molar-refractivity contribution in [3.05, 3.63) is 30.3 Å². The van der Waals surface area contributed by atoms with Crippen molar-refractivity contribution >= 4 is 34.3 Å². The third-order valence-electron chi connectivity index (χ3n) is 6.08. The Morgan fingerprint density at radius 1 is 1.24 bits per heavy atom. The van der Waals surface area contributed by atoms with Crippen molar-refractivity contribution in [2.75, 3.05) is 19.0 Å². The van der Waals surface area contributed by atoms with Gasteiger partial charge in [-0.1, -0.05) is 48.7 Å². The first-order valence-electron chi connectivity index (χ1n) is 11.2. The Balaban J connectivity index is 1.75. The van der Waals surface area contributed by atoms with Crippen LogP contribution < -0.4 is 10.6 Å². The summed E-state index contributed by atoms with van der Waals surface area (Å²) in [5, 5.41) is 10.4. The molecule has 2 heterocycles. The van der Waals surface area contributed by atoms with Gasteiger partial charge in [-0.25, -0.2) is 0 Å². The third kappa shape index (κ3) is 5.75. The lowest BCUT2D eigenvalue weighted by Crippen LogP contribution is -2.57. The lowest BCUT2D eigenvalue weighted by Gasteiger charge is -2.31. The lowest BCUT2D eigenvalue weighted by atomic mass is 10.1. The molecule has 178 valence electrons. The Hall–Kier alpha value is -2.85. The van der Waals surface area contributed by atoms with E-state index in [0.29, 0.717) is 36.5 Å². The number of rotatable bonds is 9. The Bertz CT molecular complexity index is 967. The van der Waals surface area contributed by atoms with Gasteiger partial charge in [-0.15, -0.1) is 5.10 Å². The van der Waals surface area contributed by atoms with Crippen LogP contribution >= 0.6 is 11.5 Å². The largest absolute Gasteiger partial charge is 0.379 e. The van der Waals surface area contributed by atoms with Crippen molar-refractivity contribution in [3.8, 4) is 11.3 Å². The molecule has 1 aliphatic rings. The van der Waals surface area contributed by atoms with Gasteiger partial charge in [-0.05, 0) is 26.2 Å². The van der Waals surface area contributed by atoms with E-state index in [0.717, 1.165) is 17.1 Å². The molecular weight excluding hydrogens is 442 g/mol. The number of ether oxygens (including phenoxy) is 1. The molecule has 4 atom stereocenters. The minimum atomic E-state index is -0.866. The average Bonchev–Trinajstić information content (AvgIpc) is 3.51. The molecule has 1 aliphatic heterocycles. The van der Waals surface area contributed by atoms with Crippen LogP contribution in [0, 0.1) is 5.92 Å². The molecule has 33 heavy (non-hydrogen) atoms. The number of carbonyl (C=O) groups excluding carboxylic acids is 3. The number of hydrogen-bond donors (Lipinski definition) is 2. The molecule has 0 unspecified atom stereocenters. The van der Waals surface area contributed by atoms with E-state index in [4.69, 9.17) is 4.74 Å². The summed E-state index contributed by atoms with van der Waals surface area (Å²) in [6.07, 6.45) is 1.36. The summed E-state index contributed by atoms with van der Waals surface area (Å²) in [5.74, 6) is -1.04. The fourth-order valence-corrected chi connectivity index (χ4v) is 4.33. The summed E-state index contributed by atoms with van der Waals surface area (Å²) in [6.45, 7) is 5.91. The maximum absolute atomic E-state index is 13.4. The van der Waals surface area contributed by atoms with Crippen LogP contribution in [-0.2, 0) is 19.1 Å². The van der Waals surface area contributed by atoms with E-state index in [1.165, 1.54) is 7.11 Å². The van der Waals surface area contributed by atoms with Gasteiger partial charge >= 0.3 is 0 Å². The predicted octanol–water partition coefficient (Wildman–Crippen LogP) is 2.70. The van der Waals surface area contributed by atoms with Gasteiger partial charge < -0.3 is 20.3 Å². The molecule has 1 aromatic heterocycles. The highest BCUT2D eigenvalue weighted by atomic mass is 32.1. The van der Waals surface area contributed by atoms with Crippen LogP contribution in [0.2, 0.25) is 0 Å². The van der Waals surface area contributed by atoms with E-state index in [1.54, 1.807) is 11.8 Å². The van der Waals surface area contributed by atoms with Crippen LogP contribution in [0.15, 0.2) is 30.3 Å². The number of anilines is 1. The quantitative estimate of drug-likeness (QED) is 0.579. The highest BCUT2D eigenvalue weighted by molar-refractivity contribution is 7.10. The minimum Gasteiger partial charge on any atom is -0.379 e. The molecule has 1 saturated heterocycles. The maximum atomic E-state index is 13.4. The monoisotopic (exact) mass is 473 g/mol. The zero-order chi connectivity index (χ0) is 24.0. The summed E-state index contributed by atoms with van der Waals surface area (Å²) in [6, 6.07) is 7.97. The van der Waals surface area contributed by atoms with Crippen LogP contribution in [0.3, 0.4) is 0 Å². The second kappa shape index (κ2) is 11.3. The highest BCUT2D eigenvalue weighted by Crippen LogP contribution is 2.30. The summed E-state index contributed by atoms with van der Waals surface area (Å²) in [7, 11) is 1.50. The van der Waals surface area contributed by atoms with Crippen molar-refractivity contribution in [2.45, 2.75) is 58.2 Å². The molecule has 9 nitrogen and oxygen atoms in total. The van der Waals surface area contributed by atoms with E-state index in [-0.39, 0.29) is 23.6 Å². The number of amides is 3. The molecule has 0 aliphatic carbocycles. The molecule has 1 aromatic carbocycles. The molecule has 0 radical (unpaired) electrons. The first kappa shape index (κ1) is 24.8. The van der Waals surface area contributed by atoms with Gasteiger partial charge in [0.05, 0.1) is 6.10 Å². The van der Waals surface area contributed by atoms with E-state index in [9.17, 15) is 14.4 Å². The summed E-state index contributed by atoms with van der Waals surface area (Å²) in [4.78, 5) is 40.6. The normalized spacial score (nSPS) is 18.4. The Kier molecular flexibility index (Phi) is 8.51. The number of nitrogens with one attached hydrogen (secondary N) is 2. The van der Waals surface area contributed by atoms with Gasteiger partial charge in [-0.2, -0.15) is 0 Å². The van der Waals surface area contributed by atoms with Crippen LogP contribution in [0.4, 0.5) is 5.00 Å². The van der Waals surface area contributed by atoms with Gasteiger partial charge in [-0.3, -0.25) is 14.4 Å². The number of hydrogen-bond acceptors (Lipinski definition) is 7. The zero-order valence-corrected chi connectivity index (χ0v) is 20.2. The number of aromatic nitrogens is 2. The Morgan fingerprint density at radius 2 is 1.97 bits per heavy atom. The number of methoxy groups -OCH3 is 1. The predicted molar refractivity (Wildman–Crippen MR) is 127 cm³/mol. The molecule has 2 N–H and O–H groups in total. The van der Waals surface area contributed by atoms with Gasteiger partial charge in [0.2, 0.25) is 17.7 Å². The highest BCUT2D eigenvalue weighted by Gasteiger charge is 2.40. The van der Waals surface area contributed by atoms with Crippen LogP contribution in [-0.4, -0.2) is 64.1 Å². The molecule has 1 fully saturated rings. The van der Waals surface area contributed by atoms with Crippen molar-refractivity contribution in [1.82, 2.24) is 19.8 Å². The molecule has 10 heteroatoms. The smallest absolute Gasteiger partial charge is 0.248 e.